The van der Waals surface area contributed by atoms with Gasteiger partial charge in [-0.1, -0.05) is 18.2 Å². The molecule has 0 aliphatic heterocycles. The van der Waals surface area contributed by atoms with Gasteiger partial charge in [-0.2, -0.15) is 0 Å². The van der Waals surface area contributed by atoms with Crippen LogP contribution in [0.2, 0.25) is 0 Å². The molecule has 5 heteroatoms. The number of aromatic amines is 1. The van der Waals surface area contributed by atoms with Crippen molar-refractivity contribution < 1.29 is 14.6 Å². The second-order valence-corrected chi connectivity index (χ2v) is 5.95. The number of H-pyrrole nitrogens is 1. The lowest BCUT2D eigenvalue weighted by atomic mass is 10.1. The lowest BCUT2D eigenvalue weighted by Gasteiger charge is -2.08. The van der Waals surface area contributed by atoms with Crippen molar-refractivity contribution >= 4 is 16.9 Å². The molecular formula is C20H24N2O3. The van der Waals surface area contributed by atoms with Crippen LogP contribution < -0.4 is 4.74 Å². The largest absolute Gasteiger partial charge is 0.497 e. The second-order valence-electron chi connectivity index (χ2n) is 5.95. The fourth-order valence-electron chi connectivity index (χ4n) is 2.42. The fraction of sp³-hybridized carbons (Fsp3) is 0.250. The van der Waals surface area contributed by atoms with Crippen LogP contribution >= 0.6 is 0 Å². The van der Waals surface area contributed by atoms with Crippen LogP contribution in [-0.2, 0) is 6.42 Å². The molecular weight excluding hydrogens is 316 g/mol. The molecule has 3 aromatic rings. The maximum atomic E-state index is 10.2. The molecule has 0 fully saturated rings. The Bertz CT molecular complexity index is 810. The van der Waals surface area contributed by atoms with Gasteiger partial charge >= 0.3 is 5.97 Å². The summed E-state index contributed by atoms with van der Waals surface area (Å²) in [6.07, 6.45) is 3.15. The Balaban J connectivity index is 0.000000212. The van der Waals surface area contributed by atoms with Gasteiger partial charge in [0.15, 0.2) is 0 Å². The summed E-state index contributed by atoms with van der Waals surface area (Å²) in [6.45, 7) is 1.06. The van der Waals surface area contributed by atoms with Crippen LogP contribution in [0.25, 0.3) is 10.9 Å². The highest BCUT2D eigenvalue weighted by atomic mass is 16.5. The highest BCUT2D eigenvalue weighted by Gasteiger charge is 2.05. The van der Waals surface area contributed by atoms with Crippen molar-refractivity contribution in [3.05, 3.63) is 65.9 Å². The van der Waals surface area contributed by atoms with Gasteiger partial charge in [-0.25, -0.2) is 4.79 Å². The molecule has 25 heavy (non-hydrogen) atoms. The quantitative estimate of drug-likeness (QED) is 0.744. The third-order valence-corrected chi connectivity index (χ3v) is 3.82. The van der Waals surface area contributed by atoms with Gasteiger partial charge in [0, 0.05) is 23.6 Å². The number of rotatable bonds is 5. The Morgan fingerprint density at radius 1 is 1.16 bits per heavy atom. The van der Waals surface area contributed by atoms with E-state index in [1.54, 1.807) is 37.4 Å². The van der Waals surface area contributed by atoms with Crippen molar-refractivity contribution in [1.29, 1.82) is 0 Å². The normalized spacial score (nSPS) is 10.4. The predicted molar refractivity (Wildman–Crippen MR) is 101 cm³/mol. The number of likely N-dealkylation sites (N-methyl/N-ethyl adjacent to an activating group) is 1. The molecule has 3 rings (SSSR count). The minimum atomic E-state index is -0.879. The number of aromatic carboxylic acids is 1. The molecule has 0 atom stereocenters. The van der Waals surface area contributed by atoms with E-state index in [1.807, 2.05) is 6.07 Å². The van der Waals surface area contributed by atoms with Crippen molar-refractivity contribution in [2.24, 2.45) is 0 Å². The number of fused-ring (bicyclic) bond motifs is 1. The first-order valence-corrected chi connectivity index (χ1v) is 8.08. The first-order valence-electron chi connectivity index (χ1n) is 8.08. The standard InChI is InChI=1S/C13H18N2O.C7H6O2/c1-15(2)7-6-10-9-14-13-5-4-11(16-3)8-12(10)13;8-7(9)6-4-2-1-3-5-6/h4-5,8-9,14H,6-7H2,1-3H3;1-5H,(H,8,9). The Morgan fingerprint density at radius 3 is 2.44 bits per heavy atom. The molecule has 5 nitrogen and oxygen atoms in total. The van der Waals surface area contributed by atoms with E-state index in [2.05, 4.69) is 42.3 Å². The number of methoxy groups -OCH3 is 1. The lowest BCUT2D eigenvalue weighted by Crippen LogP contribution is -2.14. The summed E-state index contributed by atoms with van der Waals surface area (Å²) in [7, 11) is 5.89. The molecule has 1 heterocycles. The smallest absolute Gasteiger partial charge is 0.335 e. The molecule has 0 radical (unpaired) electrons. The average molecular weight is 340 g/mol. The highest BCUT2D eigenvalue weighted by molar-refractivity contribution is 5.87. The van der Waals surface area contributed by atoms with E-state index in [9.17, 15) is 4.79 Å². The van der Waals surface area contributed by atoms with Crippen molar-refractivity contribution in [2.75, 3.05) is 27.7 Å². The van der Waals surface area contributed by atoms with Crippen molar-refractivity contribution in [2.45, 2.75) is 6.42 Å². The topological polar surface area (TPSA) is 65.6 Å². The van der Waals surface area contributed by atoms with Gasteiger partial charge in [0.1, 0.15) is 5.75 Å². The fourth-order valence-corrected chi connectivity index (χ4v) is 2.42. The van der Waals surface area contributed by atoms with Crippen LogP contribution in [0.1, 0.15) is 15.9 Å². The number of nitrogens with one attached hydrogen (secondary N) is 1. The Labute approximate surface area is 147 Å². The van der Waals surface area contributed by atoms with E-state index < -0.39 is 5.97 Å². The molecule has 0 aliphatic rings. The molecule has 0 aliphatic carbocycles. The molecule has 1 aromatic heterocycles. The van der Waals surface area contributed by atoms with E-state index in [0.717, 1.165) is 18.7 Å². The first kappa shape index (κ1) is 18.5. The van der Waals surface area contributed by atoms with Gasteiger partial charge in [0.05, 0.1) is 12.7 Å². The Kier molecular flexibility index (Phi) is 6.60. The van der Waals surface area contributed by atoms with E-state index in [1.165, 1.54) is 16.5 Å². The SMILES string of the molecule is COc1ccc2[nH]cc(CCN(C)C)c2c1.O=C(O)c1ccccc1. The van der Waals surface area contributed by atoms with Crippen molar-refractivity contribution in [3.8, 4) is 5.75 Å². The summed E-state index contributed by atoms with van der Waals surface area (Å²) in [5.74, 6) is 0.0359. The number of hydrogen-bond acceptors (Lipinski definition) is 3. The highest BCUT2D eigenvalue weighted by Crippen LogP contribution is 2.23. The maximum Gasteiger partial charge on any atom is 0.335 e. The number of benzene rings is 2. The van der Waals surface area contributed by atoms with Gasteiger partial charge in [-0.15, -0.1) is 0 Å². The predicted octanol–water partition coefficient (Wildman–Crippen LogP) is 3.67. The molecule has 2 aromatic carbocycles. The van der Waals surface area contributed by atoms with Gasteiger partial charge in [-0.3, -0.25) is 0 Å². The van der Waals surface area contributed by atoms with Gasteiger partial charge in [0.25, 0.3) is 0 Å². The summed E-state index contributed by atoms with van der Waals surface area (Å²) < 4.78 is 5.25. The molecule has 2 N–H and O–H groups in total. The van der Waals surface area contributed by atoms with E-state index in [4.69, 9.17) is 9.84 Å². The molecule has 0 spiro atoms. The second kappa shape index (κ2) is 8.89. The Morgan fingerprint density at radius 2 is 1.88 bits per heavy atom. The zero-order valence-corrected chi connectivity index (χ0v) is 14.8. The van der Waals surface area contributed by atoms with Crippen LogP contribution in [0.15, 0.2) is 54.7 Å². The molecule has 132 valence electrons. The Hall–Kier alpha value is -2.79. The number of aromatic nitrogens is 1. The number of carboxylic acid groups (broad SMARTS) is 1. The van der Waals surface area contributed by atoms with Crippen LogP contribution in [0.3, 0.4) is 0 Å². The number of carbonyl (C=O) groups is 1. The number of ether oxygens (including phenoxy) is 1. The average Bonchev–Trinajstić information content (AvgIpc) is 3.03. The van der Waals surface area contributed by atoms with Crippen LogP contribution in [0.4, 0.5) is 0 Å². The maximum absolute atomic E-state index is 10.2. The zero-order valence-electron chi connectivity index (χ0n) is 14.8. The van der Waals surface area contributed by atoms with Crippen LogP contribution in [0, 0.1) is 0 Å². The zero-order chi connectivity index (χ0) is 18.2. The summed E-state index contributed by atoms with van der Waals surface area (Å²) >= 11 is 0. The van der Waals surface area contributed by atoms with E-state index in [-0.39, 0.29) is 0 Å². The summed E-state index contributed by atoms with van der Waals surface area (Å²) in [6, 6.07) is 14.4. The summed E-state index contributed by atoms with van der Waals surface area (Å²) in [5, 5.41) is 9.65. The van der Waals surface area contributed by atoms with Crippen molar-refractivity contribution in [1.82, 2.24) is 9.88 Å². The molecule has 0 amide bonds. The molecule has 0 unspecified atom stereocenters. The summed E-state index contributed by atoms with van der Waals surface area (Å²) in [5.41, 5.74) is 2.86. The first-order chi connectivity index (χ1) is 12.0. The van der Waals surface area contributed by atoms with Crippen molar-refractivity contribution in [3.63, 3.8) is 0 Å². The molecule has 0 saturated heterocycles. The van der Waals surface area contributed by atoms with Gasteiger partial charge < -0.3 is 19.7 Å². The number of nitrogens with zero attached hydrogens (tertiary/aromatic N) is 1. The van der Waals surface area contributed by atoms with Crippen LogP contribution in [0.5, 0.6) is 5.75 Å². The van der Waals surface area contributed by atoms with E-state index >= 15 is 0 Å². The van der Waals surface area contributed by atoms with Gasteiger partial charge in [-0.05, 0) is 56.4 Å². The third-order valence-electron chi connectivity index (χ3n) is 3.82. The number of carboxylic acids is 1. The lowest BCUT2D eigenvalue weighted by molar-refractivity contribution is 0.0697. The van der Waals surface area contributed by atoms with Gasteiger partial charge in [0.2, 0.25) is 0 Å². The number of hydrogen-bond donors (Lipinski definition) is 2. The minimum Gasteiger partial charge on any atom is -0.497 e. The third kappa shape index (κ3) is 5.36. The van der Waals surface area contributed by atoms with Crippen LogP contribution in [-0.4, -0.2) is 48.7 Å². The monoisotopic (exact) mass is 340 g/mol. The minimum absolute atomic E-state index is 0.331. The van der Waals surface area contributed by atoms with E-state index in [0.29, 0.717) is 5.56 Å². The summed E-state index contributed by atoms with van der Waals surface area (Å²) in [4.78, 5) is 15.7. The molecule has 0 bridgehead atoms. The molecule has 0 saturated carbocycles.